The Morgan fingerprint density at radius 2 is 1.80 bits per heavy atom. The van der Waals surface area contributed by atoms with Crippen molar-refractivity contribution < 1.29 is 19.7 Å². The minimum Gasteiger partial charge on any atom is -0.481 e. The molecule has 0 amide bonds. The van der Waals surface area contributed by atoms with Gasteiger partial charge in [0.1, 0.15) is 5.69 Å². The highest BCUT2D eigenvalue weighted by molar-refractivity contribution is 5.92. The third-order valence-electron chi connectivity index (χ3n) is 11.1. The lowest BCUT2D eigenvalue weighted by molar-refractivity contribution is -0.393. The standard InChI is InChI=1S/C31H46N4O6/c1-19(2)6-7-20(3)23-10-11-24-22-9-13-28(31(5,17-15-29(36)37)25(22)14-16-30(23,24)4)33-32-26-12-8-21(34(38)39)18-27(26)35(40)41/h8,12,18-20,22-25,32H,6-7,9-11,13-17H2,1-5H3,(H,36,37)/b33-28+/t20-,22+,23-,24-,25+,30+,31-/m0/s1. The fourth-order valence-corrected chi connectivity index (χ4v) is 8.94. The molecule has 41 heavy (non-hydrogen) atoms. The molecule has 1 aromatic rings. The molecule has 2 N–H and O–H groups in total. The normalized spacial score (nSPS) is 32.8. The first kappa shape index (κ1) is 30.9. The Kier molecular flexibility index (Phi) is 9.09. The number of benzene rings is 1. The number of nitro benzene ring substituents is 2. The molecule has 3 aliphatic carbocycles. The van der Waals surface area contributed by atoms with Crippen molar-refractivity contribution in [2.24, 2.45) is 51.4 Å². The van der Waals surface area contributed by atoms with Gasteiger partial charge in [-0.05, 0) is 91.9 Å². The van der Waals surface area contributed by atoms with Crippen LogP contribution in [0.4, 0.5) is 17.1 Å². The van der Waals surface area contributed by atoms with E-state index < -0.39 is 26.9 Å². The van der Waals surface area contributed by atoms with E-state index in [-0.39, 0.29) is 17.8 Å². The van der Waals surface area contributed by atoms with Crippen molar-refractivity contribution in [3.8, 4) is 0 Å². The molecule has 3 saturated carbocycles. The number of hydrogen-bond acceptors (Lipinski definition) is 7. The van der Waals surface area contributed by atoms with Crippen molar-refractivity contribution in [1.82, 2.24) is 0 Å². The number of non-ortho nitro benzene ring substituents is 1. The van der Waals surface area contributed by atoms with E-state index >= 15 is 0 Å². The summed E-state index contributed by atoms with van der Waals surface area (Å²) in [5.41, 5.74) is 2.85. The van der Waals surface area contributed by atoms with Crippen LogP contribution in [0.1, 0.15) is 98.8 Å². The van der Waals surface area contributed by atoms with Crippen molar-refractivity contribution in [2.75, 3.05) is 5.43 Å². The molecular formula is C31H46N4O6. The zero-order chi connectivity index (χ0) is 30.1. The topological polar surface area (TPSA) is 148 Å². The molecule has 0 heterocycles. The summed E-state index contributed by atoms with van der Waals surface area (Å²) in [6.45, 7) is 11.7. The van der Waals surface area contributed by atoms with Gasteiger partial charge in [-0.25, -0.2) is 0 Å². The number of hydrazone groups is 1. The minimum atomic E-state index is -0.841. The average molecular weight is 571 g/mol. The number of fused-ring (bicyclic) bond motifs is 3. The van der Waals surface area contributed by atoms with E-state index in [1.54, 1.807) is 0 Å². The Bertz CT molecular complexity index is 1200. The summed E-state index contributed by atoms with van der Waals surface area (Å²) >= 11 is 0. The lowest BCUT2D eigenvalue weighted by atomic mass is 9.47. The fourth-order valence-electron chi connectivity index (χ4n) is 8.94. The van der Waals surface area contributed by atoms with Crippen LogP contribution in [0.5, 0.6) is 0 Å². The maximum Gasteiger partial charge on any atom is 0.303 e. The predicted molar refractivity (Wildman–Crippen MR) is 159 cm³/mol. The molecule has 226 valence electrons. The van der Waals surface area contributed by atoms with Crippen LogP contribution >= 0.6 is 0 Å². The molecule has 3 fully saturated rings. The van der Waals surface area contributed by atoms with E-state index in [9.17, 15) is 30.1 Å². The van der Waals surface area contributed by atoms with Crippen LogP contribution in [-0.2, 0) is 4.79 Å². The van der Waals surface area contributed by atoms with Crippen LogP contribution in [-0.4, -0.2) is 26.6 Å². The Balaban J connectivity index is 1.61. The molecule has 10 nitrogen and oxygen atoms in total. The van der Waals surface area contributed by atoms with E-state index in [2.05, 4.69) is 45.1 Å². The van der Waals surface area contributed by atoms with Gasteiger partial charge in [-0.2, -0.15) is 5.10 Å². The summed E-state index contributed by atoms with van der Waals surface area (Å²) in [6.07, 6.45) is 9.35. The summed E-state index contributed by atoms with van der Waals surface area (Å²) < 4.78 is 0. The van der Waals surface area contributed by atoms with Crippen molar-refractivity contribution >= 4 is 28.7 Å². The molecule has 7 atom stereocenters. The summed E-state index contributed by atoms with van der Waals surface area (Å²) in [6, 6.07) is 3.46. The third kappa shape index (κ3) is 6.11. The first-order valence-electron chi connectivity index (χ1n) is 15.3. The number of anilines is 1. The molecule has 0 unspecified atom stereocenters. The predicted octanol–water partition coefficient (Wildman–Crippen LogP) is 8.07. The monoisotopic (exact) mass is 570 g/mol. The van der Waals surface area contributed by atoms with Gasteiger partial charge < -0.3 is 5.11 Å². The lowest BCUT2D eigenvalue weighted by Gasteiger charge is -2.57. The Morgan fingerprint density at radius 3 is 2.44 bits per heavy atom. The molecule has 0 bridgehead atoms. The zero-order valence-electron chi connectivity index (χ0n) is 25.1. The molecule has 0 aliphatic heterocycles. The number of nitrogens with one attached hydrogen (secondary N) is 1. The number of carbonyl (C=O) groups is 1. The Labute approximate surface area is 242 Å². The highest BCUT2D eigenvalue weighted by Crippen LogP contribution is 2.66. The average Bonchev–Trinajstić information content (AvgIpc) is 3.27. The Hall–Kier alpha value is -3.04. The molecule has 0 radical (unpaired) electrons. The first-order valence-corrected chi connectivity index (χ1v) is 15.3. The van der Waals surface area contributed by atoms with Crippen molar-refractivity contribution in [2.45, 2.75) is 98.8 Å². The maximum atomic E-state index is 11.7. The van der Waals surface area contributed by atoms with Gasteiger partial charge in [0.05, 0.1) is 15.9 Å². The van der Waals surface area contributed by atoms with Gasteiger partial charge in [-0.15, -0.1) is 0 Å². The quantitative estimate of drug-likeness (QED) is 0.202. The molecule has 1 aromatic carbocycles. The first-order chi connectivity index (χ1) is 19.3. The fraction of sp³-hybridized carbons (Fsp3) is 0.742. The van der Waals surface area contributed by atoms with Gasteiger partial charge in [-0.3, -0.25) is 30.4 Å². The van der Waals surface area contributed by atoms with Crippen molar-refractivity contribution in [1.29, 1.82) is 0 Å². The van der Waals surface area contributed by atoms with Crippen molar-refractivity contribution in [3.05, 3.63) is 38.4 Å². The van der Waals surface area contributed by atoms with E-state index in [1.165, 1.54) is 37.8 Å². The summed E-state index contributed by atoms with van der Waals surface area (Å²) in [7, 11) is 0. The Morgan fingerprint density at radius 1 is 1.07 bits per heavy atom. The molecule has 10 heteroatoms. The van der Waals surface area contributed by atoms with Crippen LogP contribution in [0, 0.1) is 66.6 Å². The van der Waals surface area contributed by atoms with E-state index in [0.717, 1.165) is 37.0 Å². The highest BCUT2D eigenvalue weighted by atomic mass is 16.6. The highest BCUT2D eigenvalue weighted by Gasteiger charge is 2.59. The third-order valence-corrected chi connectivity index (χ3v) is 11.1. The number of rotatable bonds is 11. The second-order valence-electron chi connectivity index (χ2n) is 13.8. The van der Waals surface area contributed by atoms with Gasteiger partial charge in [0.25, 0.3) is 5.69 Å². The second kappa shape index (κ2) is 12.1. The summed E-state index contributed by atoms with van der Waals surface area (Å²) in [4.78, 5) is 33.2. The minimum absolute atomic E-state index is 0.0349. The number of nitrogens with zero attached hydrogens (tertiary/aromatic N) is 3. The van der Waals surface area contributed by atoms with Gasteiger partial charge in [-0.1, -0.05) is 47.5 Å². The molecule has 0 aromatic heterocycles. The SMILES string of the molecule is CC(C)CC[C@H](C)[C@@H]1CC[C@H]2[C@H]3CC/C(=N\Nc4ccc([N+](=O)[O-])cc4[N+](=O)[O-])[C@@](C)(CCC(=O)O)[C@@H]3CC[C@@]21C. The number of aliphatic carboxylic acids is 1. The number of carboxylic acid groups (broad SMARTS) is 1. The number of nitro groups is 2. The molecule has 0 saturated heterocycles. The van der Waals surface area contributed by atoms with Gasteiger partial charge >= 0.3 is 11.7 Å². The number of carboxylic acids is 1. The molecule has 3 aliphatic rings. The molecular weight excluding hydrogens is 524 g/mol. The van der Waals surface area contributed by atoms with Gasteiger partial charge in [0, 0.05) is 23.6 Å². The van der Waals surface area contributed by atoms with Crippen molar-refractivity contribution in [3.63, 3.8) is 0 Å². The van der Waals surface area contributed by atoms with Crippen LogP contribution in [0.2, 0.25) is 0 Å². The summed E-state index contributed by atoms with van der Waals surface area (Å²) in [5.74, 6) is 2.70. The largest absolute Gasteiger partial charge is 0.481 e. The van der Waals surface area contributed by atoms with E-state index in [0.29, 0.717) is 47.8 Å². The van der Waals surface area contributed by atoms with Crippen LogP contribution in [0.3, 0.4) is 0 Å². The van der Waals surface area contributed by atoms with Crippen LogP contribution in [0.25, 0.3) is 0 Å². The smallest absolute Gasteiger partial charge is 0.303 e. The maximum absolute atomic E-state index is 11.7. The van der Waals surface area contributed by atoms with Gasteiger partial charge in [0.15, 0.2) is 0 Å². The van der Waals surface area contributed by atoms with E-state index in [4.69, 9.17) is 0 Å². The van der Waals surface area contributed by atoms with Crippen LogP contribution < -0.4 is 5.43 Å². The molecule has 0 spiro atoms. The number of hydrogen-bond donors (Lipinski definition) is 2. The second-order valence-corrected chi connectivity index (χ2v) is 13.8. The van der Waals surface area contributed by atoms with Gasteiger partial charge in [0.2, 0.25) is 0 Å². The molecule has 4 rings (SSSR count). The van der Waals surface area contributed by atoms with E-state index in [1.807, 2.05) is 0 Å². The zero-order valence-corrected chi connectivity index (χ0v) is 25.1. The summed E-state index contributed by atoms with van der Waals surface area (Å²) in [5, 5.41) is 37.1. The lowest BCUT2D eigenvalue weighted by Crippen LogP contribution is -2.53. The van der Waals surface area contributed by atoms with Crippen LogP contribution in [0.15, 0.2) is 23.3 Å².